The van der Waals surface area contributed by atoms with E-state index >= 15 is 0 Å². The van der Waals surface area contributed by atoms with Crippen molar-refractivity contribution in [3.63, 3.8) is 0 Å². The van der Waals surface area contributed by atoms with Crippen molar-refractivity contribution >= 4 is 17.8 Å². The molecule has 2 amide bonds. The Kier molecular flexibility index (Phi) is 28.3. The number of ketones is 1. The van der Waals surface area contributed by atoms with Crippen LogP contribution in [0.3, 0.4) is 0 Å². The van der Waals surface area contributed by atoms with E-state index in [4.69, 9.17) is 44.2 Å². The largest absolute Gasteiger partial charge is 0.444 e. The number of carbonyl (C=O) groups excluding carboxylic acids is 3. The molecule has 0 aliphatic heterocycles. The maximum absolute atomic E-state index is 12.9. The normalized spacial score (nSPS) is 11.6. The maximum Gasteiger partial charge on any atom is 0.407 e. The van der Waals surface area contributed by atoms with E-state index in [0.717, 1.165) is 0 Å². The highest BCUT2D eigenvalue weighted by molar-refractivity contribution is 5.89. The molecule has 0 spiro atoms. The van der Waals surface area contributed by atoms with Crippen molar-refractivity contribution in [2.45, 2.75) is 64.5 Å². The Hall–Kier alpha value is -3.21. The molecule has 46 heavy (non-hydrogen) atoms. The summed E-state index contributed by atoms with van der Waals surface area (Å²) in [4.78, 5) is 42.5. The number of alkyl carbamates (subject to hydrolysis) is 1. The lowest BCUT2D eigenvalue weighted by Crippen LogP contribution is -2.42. The summed E-state index contributed by atoms with van der Waals surface area (Å²) >= 11 is 0. The second kappa shape index (κ2) is 30.4. The van der Waals surface area contributed by atoms with Crippen LogP contribution in [0.4, 0.5) is 4.79 Å². The van der Waals surface area contributed by atoms with Crippen LogP contribution in [-0.4, -0.2) is 128 Å². The average Bonchev–Trinajstić information content (AvgIpc) is 3.00. The molecule has 0 saturated heterocycles. The van der Waals surface area contributed by atoms with Gasteiger partial charge in [0.05, 0.1) is 72.1 Å². The second-order valence-corrected chi connectivity index (χ2v) is 10.6. The molecule has 0 heterocycles. The van der Waals surface area contributed by atoms with Crippen molar-refractivity contribution in [3.8, 4) is 0 Å². The molecule has 0 aliphatic carbocycles. The standard InChI is InChI=1S/C28H52N8O10/c1-28(2,3)46-27(39)31-9-5-4-7-24(34-26(38)23-45-22-21-44-20-17-42-14-11-33-36-30)25(37)8-6-12-40-15-18-43-19-16-41-13-10-32-35-29/h24H,4-23H2,1-3H3,(H,31,39)(H,34,38)/t24-/m0/s1. The number of amides is 2. The number of ether oxygens (including phenoxy) is 7. The predicted molar refractivity (Wildman–Crippen MR) is 167 cm³/mol. The fourth-order valence-corrected chi connectivity index (χ4v) is 3.50. The molecule has 0 saturated carbocycles. The van der Waals surface area contributed by atoms with E-state index in [2.05, 4.69) is 30.7 Å². The molecule has 2 N–H and O–H groups in total. The van der Waals surface area contributed by atoms with Gasteiger partial charge in [0.15, 0.2) is 5.78 Å². The van der Waals surface area contributed by atoms with E-state index in [-0.39, 0.29) is 45.1 Å². The van der Waals surface area contributed by atoms with E-state index in [1.807, 2.05) is 0 Å². The molecule has 18 nitrogen and oxygen atoms in total. The van der Waals surface area contributed by atoms with E-state index in [1.54, 1.807) is 20.8 Å². The van der Waals surface area contributed by atoms with Gasteiger partial charge in [-0.2, -0.15) is 0 Å². The van der Waals surface area contributed by atoms with Gasteiger partial charge in [0.2, 0.25) is 5.91 Å². The van der Waals surface area contributed by atoms with Gasteiger partial charge >= 0.3 is 6.09 Å². The van der Waals surface area contributed by atoms with Gasteiger partial charge in [0.25, 0.3) is 0 Å². The smallest absolute Gasteiger partial charge is 0.407 e. The number of Topliss-reactive ketones (excluding diaryl/α,β-unsaturated/α-hetero) is 1. The number of unbranched alkanes of at least 4 members (excludes halogenated alkanes) is 1. The van der Waals surface area contributed by atoms with E-state index in [1.165, 1.54) is 0 Å². The number of azide groups is 2. The quantitative estimate of drug-likeness (QED) is 0.0476. The van der Waals surface area contributed by atoms with Gasteiger partial charge in [-0.15, -0.1) is 0 Å². The van der Waals surface area contributed by atoms with Gasteiger partial charge in [0.1, 0.15) is 12.2 Å². The molecule has 264 valence electrons. The van der Waals surface area contributed by atoms with Gasteiger partial charge in [-0.05, 0) is 57.5 Å². The van der Waals surface area contributed by atoms with Crippen LogP contribution in [-0.2, 0) is 42.7 Å². The van der Waals surface area contributed by atoms with Crippen molar-refractivity contribution in [1.82, 2.24) is 10.6 Å². The molecular formula is C28H52N8O10. The first kappa shape index (κ1) is 42.8. The van der Waals surface area contributed by atoms with Gasteiger partial charge in [0, 0.05) is 42.5 Å². The monoisotopic (exact) mass is 660 g/mol. The molecule has 0 bridgehead atoms. The van der Waals surface area contributed by atoms with Crippen LogP contribution in [0.1, 0.15) is 52.9 Å². The Labute approximate surface area is 270 Å². The summed E-state index contributed by atoms with van der Waals surface area (Å²) in [6.45, 7) is 9.68. The summed E-state index contributed by atoms with van der Waals surface area (Å²) in [6, 6.07) is -0.696. The van der Waals surface area contributed by atoms with E-state index in [0.29, 0.717) is 91.7 Å². The third-order valence-corrected chi connectivity index (χ3v) is 5.54. The Balaban J connectivity index is 4.34. The number of carbonyl (C=O) groups is 3. The Morgan fingerprint density at radius 1 is 0.696 bits per heavy atom. The maximum atomic E-state index is 12.9. The Bertz CT molecular complexity index is 909. The minimum atomic E-state index is -0.696. The number of nitrogens with zero attached hydrogens (tertiary/aromatic N) is 6. The summed E-state index contributed by atoms with van der Waals surface area (Å²) in [6.07, 6.45) is 1.80. The molecule has 0 fully saturated rings. The van der Waals surface area contributed by atoms with Crippen LogP contribution in [0, 0.1) is 0 Å². The summed E-state index contributed by atoms with van der Waals surface area (Å²) < 4.78 is 37.3. The molecule has 0 aromatic rings. The highest BCUT2D eigenvalue weighted by Gasteiger charge is 2.20. The van der Waals surface area contributed by atoms with Crippen LogP contribution < -0.4 is 10.6 Å². The third-order valence-electron chi connectivity index (χ3n) is 5.54. The van der Waals surface area contributed by atoms with Gasteiger partial charge in [-0.25, -0.2) is 4.79 Å². The summed E-state index contributed by atoms with van der Waals surface area (Å²) in [7, 11) is 0. The van der Waals surface area contributed by atoms with Crippen molar-refractivity contribution in [2.24, 2.45) is 10.2 Å². The predicted octanol–water partition coefficient (Wildman–Crippen LogP) is 3.24. The highest BCUT2D eigenvalue weighted by Crippen LogP contribution is 2.08. The van der Waals surface area contributed by atoms with Crippen LogP contribution in [0.15, 0.2) is 10.2 Å². The highest BCUT2D eigenvalue weighted by atomic mass is 16.6. The molecule has 0 radical (unpaired) electrons. The Morgan fingerprint density at radius 3 is 1.72 bits per heavy atom. The first-order valence-electron chi connectivity index (χ1n) is 15.5. The first-order valence-corrected chi connectivity index (χ1v) is 15.5. The summed E-state index contributed by atoms with van der Waals surface area (Å²) in [5, 5.41) is 12.2. The van der Waals surface area contributed by atoms with Crippen LogP contribution in [0.5, 0.6) is 0 Å². The van der Waals surface area contributed by atoms with Crippen LogP contribution in [0.25, 0.3) is 20.9 Å². The molecular weight excluding hydrogens is 608 g/mol. The summed E-state index contributed by atoms with van der Waals surface area (Å²) in [5.74, 6) is -0.531. The molecule has 0 rings (SSSR count). The number of hydrogen-bond donors (Lipinski definition) is 2. The van der Waals surface area contributed by atoms with Crippen molar-refractivity contribution in [1.29, 1.82) is 0 Å². The van der Waals surface area contributed by atoms with Gasteiger partial charge in [-0.1, -0.05) is 10.2 Å². The average molecular weight is 661 g/mol. The Morgan fingerprint density at radius 2 is 1.20 bits per heavy atom. The zero-order valence-corrected chi connectivity index (χ0v) is 27.5. The minimum Gasteiger partial charge on any atom is -0.444 e. The van der Waals surface area contributed by atoms with Crippen molar-refractivity contribution < 1.29 is 47.5 Å². The fraction of sp³-hybridized carbons (Fsp3) is 0.893. The molecule has 18 heteroatoms. The number of hydrogen-bond acceptors (Lipinski definition) is 12. The lowest BCUT2D eigenvalue weighted by Gasteiger charge is -2.20. The van der Waals surface area contributed by atoms with E-state index < -0.39 is 23.6 Å². The molecule has 0 aliphatic rings. The van der Waals surface area contributed by atoms with Crippen LogP contribution in [0.2, 0.25) is 0 Å². The topological polar surface area (TPSA) is 237 Å². The summed E-state index contributed by atoms with van der Waals surface area (Å²) in [5.41, 5.74) is 15.8. The van der Waals surface area contributed by atoms with Crippen molar-refractivity contribution in [2.75, 3.05) is 98.9 Å². The fourth-order valence-electron chi connectivity index (χ4n) is 3.50. The number of nitrogens with one attached hydrogen (secondary N) is 2. The molecule has 0 unspecified atom stereocenters. The molecule has 0 aromatic carbocycles. The molecule has 0 aromatic heterocycles. The third kappa shape index (κ3) is 30.8. The van der Waals surface area contributed by atoms with Gasteiger partial charge < -0.3 is 43.8 Å². The minimum absolute atomic E-state index is 0.116. The second-order valence-electron chi connectivity index (χ2n) is 10.6. The SMILES string of the molecule is CC(C)(C)OC(=O)NCCCC[C@H](NC(=O)COCCOCCOCCN=[N+]=[N-])C(=O)CCCOCCOCCOCCN=[N+]=[N-]. The molecule has 1 atom stereocenters. The van der Waals surface area contributed by atoms with E-state index in [9.17, 15) is 14.4 Å². The van der Waals surface area contributed by atoms with Gasteiger partial charge in [-0.3, -0.25) is 9.59 Å². The zero-order valence-electron chi connectivity index (χ0n) is 27.5. The van der Waals surface area contributed by atoms with Crippen molar-refractivity contribution in [3.05, 3.63) is 20.9 Å². The van der Waals surface area contributed by atoms with Crippen LogP contribution >= 0.6 is 0 Å². The zero-order chi connectivity index (χ0) is 34.1. The first-order chi connectivity index (χ1) is 22.2. The lowest BCUT2D eigenvalue weighted by molar-refractivity contribution is -0.131. The number of rotatable bonds is 31. The lowest BCUT2D eigenvalue weighted by atomic mass is 10.0.